The van der Waals surface area contributed by atoms with Gasteiger partial charge in [-0.1, -0.05) is 72.8 Å². The van der Waals surface area contributed by atoms with Gasteiger partial charge >= 0.3 is 5.97 Å². The summed E-state index contributed by atoms with van der Waals surface area (Å²) in [6, 6.07) is 38.3. The van der Waals surface area contributed by atoms with Crippen LogP contribution in [0.1, 0.15) is 17.3 Å². The predicted molar refractivity (Wildman–Crippen MR) is 149 cm³/mol. The molecule has 212 valence electrons. The predicted octanol–water partition coefficient (Wildman–Crippen LogP) is 0.625. The molecule has 0 aliphatic carbocycles. The van der Waals surface area contributed by atoms with Crippen LogP contribution in [0.15, 0.2) is 132 Å². The SMILES string of the molecule is CCOC(=O)/C(NC(=O)c1ccccc1)=C(/Cl)[P+](c1ccccc1)(c1ccccc1)c1ccccc1.[O-][Cl+3]([O-])([O-])[O-]. The standard InChI is InChI=1S/C30H25ClNO3P.ClHO4/c1-2-35-30(34)27(32-29(33)23-15-7-3-8-16-23)28(31)36(24-17-9-4-10-18-24,25-19-11-5-12-20-25)26-21-13-6-14-22-26;2-1(3,4)5/h3-22H,2H2,1H3;(H,2,3,4,5)/b28-27+;. The first-order chi connectivity index (χ1) is 19.6. The van der Waals surface area contributed by atoms with Crippen LogP contribution in [0.5, 0.6) is 0 Å². The van der Waals surface area contributed by atoms with Gasteiger partial charge < -0.3 is 10.1 Å². The van der Waals surface area contributed by atoms with Gasteiger partial charge in [-0.15, -0.1) is 10.2 Å². The molecule has 0 saturated carbocycles. The quantitative estimate of drug-likeness (QED) is 0.174. The number of ether oxygens (including phenoxy) is 1. The van der Waals surface area contributed by atoms with Crippen molar-refractivity contribution in [2.24, 2.45) is 0 Å². The van der Waals surface area contributed by atoms with Crippen LogP contribution in [-0.2, 0) is 9.53 Å². The molecule has 0 spiro atoms. The van der Waals surface area contributed by atoms with Crippen molar-refractivity contribution < 1.29 is 43.2 Å². The van der Waals surface area contributed by atoms with Crippen LogP contribution in [-0.4, -0.2) is 18.5 Å². The number of esters is 1. The lowest BCUT2D eigenvalue weighted by molar-refractivity contribution is -2.00. The van der Waals surface area contributed by atoms with Crippen molar-refractivity contribution in [1.29, 1.82) is 0 Å². The van der Waals surface area contributed by atoms with Gasteiger partial charge in [0, 0.05) is 5.56 Å². The number of carbonyl (C=O) groups is 2. The molecule has 11 heteroatoms. The maximum absolute atomic E-state index is 13.3. The summed E-state index contributed by atoms with van der Waals surface area (Å²) in [6.45, 7) is 1.86. The number of hydrogen-bond acceptors (Lipinski definition) is 7. The maximum atomic E-state index is 13.3. The lowest BCUT2D eigenvalue weighted by Crippen LogP contribution is -2.68. The fraction of sp³-hybridized carbons (Fsp3) is 0.0667. The largest absolute Gasteiger partial charge is 0.461 e. The summed E-state index contributed by atoms with van der Waals surface area (Å²) in [4.78, 5) is 26.5. The minimum atomic E-state index is -4.94. The molecule has 0 aromatic heterocycles. The van der Waals surface area contributed by atoms with Crippen molar-refractivity contribution >= 4 is 46.7 Å². The van der Waals surface area contributed by atoms with Crippen molar-refractivity contribution in [3.8, 4) is 0 Å². The number of amides is 1. The number of hydrogen-bond donors (Lipinski definition) is 1. The van der Waals surface area contributed by atoms with Crippen LogP contribution < -0.4 is 39.9 Å². The van der Waals surface area contributed by atoms with Gasteiger partial charge in [-0.3, -0.25) is 4.79 Å². The highest BCUT2D eigenvalue weighted by Gasteiger charge is 2.52. The maximum Gasteiger partial charge on any atom is 0.360 e. The molecule has 0 fully saturated rings. The Morgan fingerprint density at radius 2 is 1.05 bits per heavy atom. The Morgan fingerprint density at radius 3 is 1.39 bits per heavy atom. The number of nitrogens with one attached hydrogen (secondary N) is 1. The lowest BCUT2D eigenvalue weighted by atomic mass is 10.2. The van der Waals surface area contributed by atoms with Gasteiger partial charge in [0.2, 0.25) is 4.77 Å². The zero-order valence-corrected chi connectivity index (χ0v) is 24.2. The van der Waals surface area contributed by atoms with Crippen LogP contribution >= 0.6 is 18.9 Å². The summed E-state index contributed by atoms with van der Waals surface area (Å²) in [5.74, 6) is -1.12. The zero-order chi connectivity index (χ0) is 29.9. The Hall–Kier alpha value is -3.59. The van der Waals surface area contributed by atoms with Gasteiger partial charge in [-0.05, 0) is 67.1 Å². The molecule has 41 heavy (non-hydrogen) atoms. The molecule has 1 N–H and O–H groups in total. The molecule has 0 aliphatic rings. The van der Waals surface area contributed by atoms with Crippen LogP contribution in [0.25, 0.3) is 0 Å². The second-order valence-electron chi connectivity index (χ2n) is 8.26. The summed E-state index contributed by atoms with van der Waals surface area (Å²) in [7, 11) is -7.74. The molecule has 4 aromatic carbocycles. The summed E-state index contributed by atoms with van der Waals surface area (Å²) < 4.78 is 39.6. The molecule has 8 nitrogen and oxygen atoms in total. The second-order valence-corrected chi connectivity index (χ2v) is 13.0. The van der Waals surface area contributed by atoms with Crippen molar-refractivity contribution in [2.75, 3.05) is 6.61 Å². The highest BCUT2D eigenvalue weighted by Crippen LogP contribution is 2.64. The lowest BCUT2D eigenvalue weighted by Gasteiger charge is -2.27. The average Bonchev–Trinajstić information content (AvgIpc) is 2.97. The third-order valence-electron chi connectivity index (χ3n) is 5.69. The minimum Gasteiger partial charge on any atom is -0.461 e. The van der Waals surface area contributed by atoms with E-state index in [0.29, 0.717) is 5.56 Å². The second kappa shape index (κ2) is 14.9. The fourth-order valence-electron chi connectivity index (χ4n) is 4.08. The van der Waals surface area contributed by atoms with Crippen molar-refractivity contribution in [1.82, 2.24) is 5.32 Å². The molecule has 0 saturated heterocycles. The highest BCUT2D eigenvalue weighted by atomic mass is 35.7. The van der Waals surface area contributed by atoms with Gasteiger partial charge in [0.25, 0.3) is 5.91 Å². The first-order valence-corrected chi connectivity index (χ1v) is 15.6. The number of halogens is 2. The Bertz CT molecular complexity index is 1350. The number of rotatable bonds is 8. The number of benzene rings is 4. The van der Waals surface area contributed by atoms with E-state index < -0.39 is 29.4 Å². The van der Waals surface area contributed by atoms with Crippen LogP contribution in [0.2, 0.25) is 0 Å². The highest BCUT2D eigenvalue weighted by molar-refractivity contribution is 8.00. The van der Waals surface area contributed by atoms with Crippen molar-refractivity contribution in [3.05, 3.63) is 137 Å². The molecular weight excluding hydrogens is 588 g/mol. The summed E-state index contributed by atoms with van der Waals surface area (Å²) in [5.41, 5.74) is 0.351. The van der Waals surface area contributed by atoms with E-state index in [1.54, 1.807) is 31.2 Å². The molecule has 1 amide bonds. The van der Waals surface area contributed by atoms with E-state index in [4.69, 9.17) is 35.0 Å². The third kappa shape index (κ3) is 8.45. The van der Waals surface area contributed by atoms with Gasteiger partial charge in [0.05, 0.1) is 6.61 Å². The number of carbonyl (C=O) groups excluding carboxylic acids is 2. The Morgan fingerprint density at radius 1 is 0.707 bits per heavy atom. The molecule has 4 rings (SSSR count). The molecule has 0 atom stereocenters. The van der Waals surface area contributed by atoms with E-state index in [2.05, 4.69) is 5.32 Å². The first-order valence-electron chi connectivity index (χ1n) is 12.2. The van der Waals surface area contributed by atoms with Gasteiger partial charge in [-0.2, -0.15) is 0 Å². The topological polar surface area (TPSA) is 148 Å². The Kier molecular flexibility index (Phi) is 11.6. The molecule has 0 radical (unpaired) electrons. The van der Waals surface area contributed by atoms with E-state index in [-0.39, 0.29) is 17.1 Å². The summed E-state index contributed by atoms with van der Waals surface area (Å²) >= 11 is 7.35. The molecule has 0 heterocycles. The summed E-state index contributed by atoms with van der Waals surface area (Å²) in [6.07, 6.45) is 0. The van der Waals surface area contributed by atoms with E-state index >= 15 is 0 Å². The molecule has 0 aliphatic heterocycles. The van der Waals surface area contributed by atoms with Gasteiger partial charge in [0.15, 0.2) is 13.0 Å². The van der Waals surface area contributed by atoms with Crippen LogP contribution in [0.3, 0.4) is 0 Å². The molecule has 4 aromatic rings. The smallest absolute Gasteiger partial charge is 0.360 e. The average molecular weight is 614 g/mol. The van der Waals surface area contributed by atoms with Gasteiger partial charge in [-0.25, -0.2) is 23.4 Å². The third-order valence-corrected chi connectivity index (χ3v) is 10.7. The first kappa shape index (κ1) is 31.9. The minimum absolute atomic E-state index is 0.0581. The van der Waals surface area contributed by atoms with Crippen molar-refractivity contribution in [3.63, 3.8) is 0 Å². The van der Waals surface area contributed by atoms with E-state index in [1.165, 1.54) is 0 Å². The Labute approximate surface area is 245 Å². The van der Waals surface area contributed by atoms with E-state index in [0.717, 1.165) is 15.9 Å². The zero-order valence-electron chi connectivity index (χ0n) is 21.8. The van der Waals surface area contributed by atoms with Gasteiger partial charge in [0.1, 0.15) is 15.9 Å². The molecule has 0 unspecified atom stereocenters. The Balaban J connectivity index is 0.000000850. The molecular formula is C30H26Cl2NO7P. The van der Waals surface area contributed by atoms with E-state index in [9.17, 15) is 9.59 Å². The summed E-state index contributed by atoms with van der Waals surface area (Å²) in [5, 5.41) is 5.64. The molecule has 0 bridgehead atoms. The normalized spacial score (nSPS) is 11.9. The fourth-order valence-corrected chi connectivity index (χ4v) is 8.99. The monoisotopic (exact) mass is 613 g/mol. The van der Waals surface area contributed by atoms with Crippen LogP contribution in [0, 0.1) is 10.2 Å². The van der Waals surface area contributed by atoms with E-state index in [1.807, 2.05) is 97.1 Å². The van der Waals surface area contributed by atoms with Crippen LogP contribution in [0.4, 0.5) is 0 Å². The van der Waals surface area contributed by atoms with Crippen molar-refractivity contribution in [2.45, 2.75) is 6.92 Å².